The third kappa shape index (κ3) is 5.31. The van der Waals surface area contributed by atoms with Crippen molar-refractivity contribution in [1.29, 1.82) is 0 Å². The van der Waals surface area contributed by atoms with Gasteiger partial charge in [0.05, 0.1) is 6.61 Å². The van der Waals surface area contributed by atoms with Crippen LogP contribution in [0, 0.1) is 11.3 Å². The lowest BCUT2D eigenvalue weighted by molar-refractivity contribution is 0.0485. The monoisotopic (exact) mass is 229 g/mol. The van der Waals surface area contributed by atoms with E-state index in [1.165, 1.54) is 6.42 Å². The molecule has 0 rings (SSSR count). The summed E-state index contributed by atoms with van der Waals surface area (Å²) in [6.45, 7) is 18.0. The molecule has 0 heterocycles. The summed E-state index contributed by atoms with van der Waals surface area (Å²) in [4.78, 5) is 2.42. The Morgan fingerprint density at radius 2 is 1.50 bits per heavy atom. The Hall–Kier alpha value is -0.0800. The number of hydrogen-bond donors (Lipinski definition) is 1. The molecule has 1 N–H and O–H groups in total. The Labute approximate surface area is 102 Å². The molecule has 0 atom stereocenters. The molecule has 0 amide bonds. The highest BCUT2D eigenvalue weighted by molar-refractivity contribution is 4.85. The summed E-state index contributed by atoms with van der Waals surface area (Å²) >= 11 is 0. The lowest BCUT2D eigenvalue weighted by Crippen LogP contribution is -2.50. The third-order valence-electron chi connectivity index (χ3n) is 3.73. The zero-order valence-corrected chi connectivity index (χ0v) is 12.3. The molecule has 0 aliphatic rings. The van der Waals surface area contributed by atoms with Gasteiger partial charge < -0.3 is 5.11 Å². The molecule has 2 nitrogen and oxygen atoms in total. The van der Waals surface area contributed by atoms with Crippen LogP contribution in [-0.2, 0) is 0 Å². The van der Waals surface area contributed by atoms with Crippen molar-refractivity contribution in [1.82, 2.24) is 4.90 Å². The van der Waals surface area contributed by atoms with E-state index in [9.17, 15) is 0 Å². The first-order chi connectivity index (χ1) is 7.11. The molecular formula is C14H31NO. The topological polar surface area (TPSA) is 23.5 Å². The SMILES string of the molecule is CC(C)C(C)(C)N(CCO)CCC(C)(C)C. The molecular weight excluding hydrogens is 198 g/mol. The smallest absolute Gasteiger partial charge is 0.0558 e. The van der Waals surface area contributed by atoms with Crippen molar-refractivity contribution >= 4 is 0 Å². The highest BCUT2D eigenvalue weighted by Crippen LogP contribution is 2.27. The highest BCUT2D eigenvalue weighted by Gasteiger charge is 2.30. The maximum absolute atomic E-state index is 9.17. The quantitative estimate of drug-likeness (QED) is 0.756. The van der Waals surface area contributed by atoms with Crippen LogP contribution in [0.25, 0.3) is 0 Å². The molecule has 0 aromatic carbocycles. The first-order valence-corrected chi connectivity index (χ1v) is 6.47. The summed E-state index contributed by atoms with van der Waals surface area (Å²) in [5, 5.41) is 9.17. The minimum atomic E-state index is 0.161. The summed E-state index contributed by atoms with van der Waals surface area (Å²) < 4.78 is 0. The fourth-order valence-corrected chi connectivity index (χ4v) is 1.64. The van der Waals surface area contributed by atoms with E-state index in [0.717, 1.165) is 13.1 Å². The Bertz CT molecular complexity index is 191. The van der Waals surface area contributed by atoms with Crippen LogP contribution in [0.3, 0.4) is 0 Å². The maximum Gasteiger partial charge on any atom is 0.0558 e. The first-order valence-electron chi connectivity index (χ1n) is 6.47. The average molecular weight is 229 g/mol. The van der Waals surface area contributed by atoms with Gasteiger partial charge in [-0.1, -0.05) is 34.6 Å². The molecule has 0 spiro atoms. The van der Waals surface area contributed by atoms with Crippen LogP contribution in [-0.4, -0.2) is 35.2 Å². The van der Waals surface area contributed by atoms with Crippen LogP contribution in [0.4, 0.5) is 0 Å². The molecule has 98 valence electrons. The van der Waals surface area contributed by atoms with Crippen LogP contribution < -0.4 is 0 Å². The zero-order chi connectivity index (χ0) is 13.0. The van der Waals surface area contributed by atoms with Gasteiger partial charge in [0.15, 0.2) is 0 Å². The Morgan fingerprint density at radius 1 is 1.00 bits per heavy atom. The second kappa shape index (κ2) is 6.02. The number of hydrogen-bond acceptors (Lipinski definition) is 2. The predicted molar refractivity (Wildman–Crippen MR) is 71.6 cm³/mol. The average Bonchev–Trinajstić information content (AvgIpc) is 2.10. The van der Waals surface area contributed by atoms with E-state index in [1.807, 2.05) is 0 Å². The number of nitrogens with zero attached hydrogens (tertiary/aromatic N) is 1. The van der Waals surface area contributed by atoms with Crippen molar-refractivity contribution < 1.29 is 5.11 Å². The predicted octanol–water partition coefficient (Wildman–Crippen LogP) is 3.15. The van der Waals surface area contributed by atoms with Crippen LogP contribution in [0.1, 0.15) is 54.9 Å². The summed E-state index contributed by atoms with van der Waals surface area (Å²) in [6.07, 6.45) is 1.17. The van der Waals surface area contributed by atoms with Gasteiger partial charge in [0.2, 0.25) is 0 Å². The van der Waals surface area contributed by atoms with Crippen molar-refractivity contribution in [2.75, 3.05) is 19.7 Å². The Kier molecular flexibility index (Phi) is 5.99. The second-order valence-electron chi connectivity index (χ2n) is 6.83. The molecule has 0 saturated heterocycles. The van der Waals surface area contributed by atoms with E-state index in [-0.39, 0.29) is 12.1 Å². The molecule has 0 unspecified atom stereocenters. The number of aliphatic hydroxyl groups excluding tert-OH is 1. The van der Waals surface area contributed by atoms with Gasteiger partial charge in [-0.15, -0.1) is 0 Å². The van der Waals surface area contributed by atoms with Gasteiger partial charge in [-0.3, -0.25) is 4.90 Å². The largest absolute Gasteiger partial charge is 0.395 e. The van der Waals surface area contributed by atoms with Gasteiger partial charge in [-0.05, 0) is 38.1 Å². The van der Waals surface area contributed by atoms with Crippen molar-refractivity contribution in [3.05, 3.63) is 0 Å². The number of aliphatic hydroxyl groups is 1. The van der Waals surface area contributed by atoms with E-state index in [1.54, 1.807) is 0 Å². The van der Waals surface area contributed by atoms with Crippen LogP contribution in [0.2, 0.25) is 0 Å². The van der Waals surface area contributed by atoms with Crippen molar-refractivity contribution in [3.63, 3.8) is 0 Å². The van der Waals surface area contributed by atoms with Crippen molar-refractivity contribution in [2.45, 2.75) is 60.4 Å². The minimum Gasteiger partial charge on any atom is -0.395 e. The molecule has 0 aromatic rings. The first kappa shape index (κ1) is 15.9. The molecule has 0 aliphatic heterocycles. The third-order valence-corrected chi connectivity index (χ3v) is 3.73. The van der Waals surface area contributed by atoms with Gasteiger partial charge >= 0.3 is 0 Å². The standard InChI is InChI=1S/C14H31NO/c1-12(2)14(6,7)15(10-11-16)9-8-13(3,4)5/h12,16H,8-11H2,1-7H3. The number of β-amino-alcohol motifs (C(OH)–C–C–N with tert-alkyl or cyclic N) is 1. The van der Waals surface area contributed by atoms with E-state index >= 15 is 0 Å². The maximum atomic E-state index is 9.17. The van der Waals surface area contributed by atoms with Crippen LogP contribution >= 0.6 is 0 Å². The van der Waals surface area contributed by atoms with Gasteiger partial charge in [-0.2, -0.15) is 0 Å². The molecule has 16 heavy (non-hydrogen) atoms. The summed E-state index contributed by atoms with van der Waals surface area (Å²) in [6, 6.07) is 0. The van der Waals surface area contributed by atoms with E-state index in [4.69, 9.17) is 5.11 Å². The van der Waals surface area contributed by atoms with Gasteiger partial charge in [0, 0.05) is 12.1 Å². The molecule has 0 aliphatic carbocycles. The normalized spacial score (nSPS) is 13.9. The van der Waals surface area contributed by atoms with Gasteiger partial charge in [0.1, 0.15) is 0 Å². The van der Waals surface area contributed by atoms with Crippen LogP contribution in [0.5, 0.6) is 0 Å². The molecule has 0 fully saturated rings. The van der Waals surface area contributed by atoms with Gasteiger partial charge in [0.25, 0.3) is 0 Å². The van der Waals surface area contributed by atoms with Crippen LogP contribution in [0.15, 0.2) is 0 Å². The van der Waals surface area contributed by atoms with Crippen molar-refractivity contribution in [3.8, 4) is 0 Å². The second-order valence-corrected chi connectivity index (χ2v) is 6.83. The zero-order valence-electron chi connectivity index (χ0n) is 12.3. The lowest BCUT2D eigenvalue weighted by Gasteiger charge is -2.42. The highest BCUT2D eigenvalue weighted by atomic mass is 16.3. The lowest BCUT2D eigenvalue weighted by atomic mass is 9.86. The summed E-state index contributed by atoms with van der Waals surface area (Å²) in [7, 11) is 0. The van der Waals surface area contributed by atoms with Gasteiger partial charge in [-0.25, -0.2) is 0 Å². The fraction of sp³-hybridized carbons (Fsp3) is 1.00. The number of rotatable bonds is 6. The summed E-state index contributed by atoms with van der Waals surface area (Å²) in [5.74, 6) is 0.596. The molecule has 2 heteroatoms. The molecule has 0 bridgehead atoms. The summed E-state index contributed by atoms with van der Waals surface area (Å²) in [5.41, 5.74) is 0.523. The minimum absolute atomic E-state index is 0.161. The molecule has 0 aromatic heterocycles. The Balaban J connectivity index is 4.49. The van der Waals surface area contributed by atoms with E-state index < -0.39 is 0 Å². The Morgan fingerprint density at radius 3 is 1.81 bits per heavy atom. The van der Waals surface area contributed by atoms with E-state index in [0.29, 0.717) is 11.3 Å². The molecule has 0 radical (unpaired) electrons. The molecule has 0 saturated carbocycles. The fourth-order valence-electron chi connectivity index (χ4n) is 1.64. The van der Waals surface area contributed by atoms with E-state index in [2.05, 4.69) is 53.4 Å². The van der Waals surface area contributed by atoms with Crippen molar-refractivity contribution in [2.24, 2.45) is 11.3 Å².